The summed E-state index contributed by atoms with van der Waals surface area (Å²) < 4.78 is 12.0. The number of halogens is 1. The van der Waals surface area contributed by atoms with Crippen LogP contribution >= 0.6 is 12.4 Å². The molecule has 0 bridgehead atoms. The molecule has 3 N–H and O–H groups in total. The van der Waals surface area contributed by atoms with Gasteiger partial charge < -0.3 is 11.1 Å². The molecule has 124 valence electrons. The van der Waals surface area contributed by atoms with E-state index < -0.39 is 16.3 Å². The number of rotatable bonds is 6. The van der Waals surface area contributed by atoms with Crippen molar-refractivity contribution >= 4 is 29.1 Å². The Morgan fingerprint density at radius 1 is 1.18 bits per heavy atom. The Bertz CT molecular complexity index is 490. The SMILES string of the molecule is Cl.NC1(C(=O)NCCS(=O)Cc2ccccc2)CCCCC1. The second-order valence-electron chi connectivity index (χ2n) is 5.75. The van der Waals surface area contributed by atoms with E-state index in [1.165, 1.54) is 0 Å². The van der Waals surface area contributed by atoms with Crippen molar-refractivity contribution in [1.82, 2.24) is 5.32 Å². The first-order chi connectivity index (χ1) is 10.1. The first-order valence-electron chi connectivity index (χ1n) is 7.56. The molecule has 0 heterocycles. The Hall–Kier alpha value is -0.910. The fourth-order valence-corrected chi connectivity index (χ4v) is 3.73. The van der Waals surface area contributed by atoms with Crippen LogP contribution in [0, 0.1) is 0 Å². The lowest BCUT2D eigenvalue weighted by Crippen LogP contribution is -2.55. The highest BCUT2D eigenvalue weighted by Gasteiger charge is 2.34. The summed E-state index contributed by atoms with van der Waals surface area (Å²) >= 11 is 0. The molecule has 22 heavy (non-hydrogen) atoms. The van der Waals surface area contributed by atoms with Gasteiger partial charge in [0.25, 0.3) is 0 Å². The summed E-state index contributed by atoms with van der Waals surface area (Å²) in [5.41, 5.74) is 6.51. The first kappa shape index (κ1) is 19.1. The molecule has 1 aliphatic carbocycles. The lowest BCUT2D eigenvalue weighted by molar-refractivity contribution is -0.127. The predicted molar refractivity (Wildman–Crippen MR) is 93.4 cm³/mol. The normalized spacial score (nSPS) is 18.0. The van der Waals surface area contributed by atoms with Crippen LogP contribution in [-0.2, 0) is 21.3 Å². The van der Waals surface area contributed by atoms with Gasteiger partial charge in [-0.2, -0.15) is 0 Å². The van der Waals surface area contributed by atoms with Crippen LogP contribution < -0.4 is 11.1 Å². The molecular weight excluding hydrogens is 320 g/mol. The van der Waals surface area contributed by atoms with Crippen molar-refractivity contribution in [1.29, 1.82) is 0 Å². The van der Waals surface area contributed by atoms with E-state index in [1.54, 1.807) is 0 Å². The average Bonchev–Trinajstić information content (AvgIpc) is 2.49. The predicted octanol–water partition coefficient (Wildman–Crippen LogP) is 2.13. The van der Waals surface area contributed by atoms with Gasteiger partial charge in [-0.15, -0.1) is 12.4 Å². The monoisotopic (exact) mass is 344 g/mol. The van der Waals surface area contributed by atoms with Crippen molar-refractivity contribution in [2.75, 3.05) is 12.3 Å². The molecule has 1 amide bonds. The van der Waals surface area contributed by atoms with Gasteiger partial charge in [0.2, 0.25) is 5.91 Å². The summed E-state index contributed by atoms with van der Waals surface area (Å²) in [6.45, 7) is 0.428. The van der Waals surface area contributed by atoms with Gasteiger partial charge in [0, 0.05) is 28.9 Å². The van der Waals surface area contributed by atoms with Gasteiger partial charge in [-0.25, -0.2) is 0 Å². The van der Waals surface area contributed by atoms with Crippen LogP contribution in [0.1, 0.15) is 37.7 Å². The summed E-state index contributed by atoms with van der Waals surface area (Å²) in [7, 11) is -0.961. The van der Waals surface area contributed by atoms with Crippen LogP contribution in [0.15, 0.2) is 30.3 Å². The minimum atomic E-state index is -0.961. The maximum atomic E-state index is 12.1. The third kappa shape index (κ3) is 5.71. The van der Waals surface area contributed by atoms with Crippen molar-refractivity contribution in [2.45, 2.75) is 43.4 Å². The number of hydrogen-bond donors (Lipinski definition) is 2. The molecule has 0 spiro atoms. The van der Waals surface area contributed by atoms with E-state index >= 15 is 0 Å². The maximum Gasteiger partial charge on any atom is 0.240 e. The number of amides is 1. The van der Waals surface area contributed by atoms with Crippen molar-refractivity contribution in [2.24, 2.45) is 5.73 Å². The molecule has 0 saturated heterocycles. The zero-order valence-corrected chi connectivity index (χ0v) is 14.4. The smallest absolute Gasteiger partial charge is 0.240 e. The topological polar surface area (TPSA) is 72.2 Å². The summed E-state index contributed by atoms with van der Waals surface area (Å²) in [5, 5.41) is 2.85. The zero-order chi connectivity index (χ0) is 15.1. The highest BCUT2D eigenvalue weighted by atomic mass is 35.5. The Morgan fingerprint density at radius 2 is 1.82 bits per heavy atom. The average molecular weight is 345 g/mol. The lowest BCUT2D eigenvalue weighted by Gasteiger charge is -2.31. The van der Waals surface area contributed by atoms with E-state index in [-0.39, 0.29) is 18.3 Å². The van der Waals surface area contributed by atoms with Crippen molar-refractivity contribution in [3.8, 4) is 0 Å². The van der Waals surface area contributed by atoms with Crippen LogP contribution in [-0.4, -0.2) is 28.0 Å². The Balaban J connectivity index is 0.00000242. The highest BCUT2D eigenvalue weighted by molar-refractivity contribution is 7.84. The van der Waals surface area contributed by atoms with Crippen LogP contribution in [0.5, 0.6) is 0 Å². The number of nitrogens with one attached hydrogen (secondary N) is 1. The van der Waals surface area contributed by atoms with E-state index in [0.29, 0.717) is 18.1 Å². The Morgan fingerprint density at radius 3 is 2.45 bits per heavy atom. The molecule has 4 nitrogen and oxygen atoms in total. The molecule has 1 atom stereocenters. The summed E-state index contributed by atoms with van der Waals surface area (Å²) in [6, 6.07) is 9.75. The lowest BCUT2D eigenvalue weighted by atomic mass is 9.82. The summed E-state index contributed by atoms with van der Waals surface area (Å²) in [4.78, 5) is 12.1. The van der Waals surface area contributed by atoms with Crippen LogP contribution in [0.25, 0.3) is 0 Å². The summed E-state index contributed by atoms with van der Waals surface area (Å²) in [6.07, 6.45) is 4.71. The van der Waals surface area contributed by atoms with E-state index in [0.717, 1.165) is 37.7 Å². The van der Waals surface area contributed by atoms with Gasteiger partial charge in [-0.1, -0.05) is 49.6 Å². The number of hydrogen-bond acceptors (Lipinski definition) is 3. The van der Waals surface area contributed by atoms with Gasteiger partial charge >= 0.3 is 0 Å². The minimum absolute atomic E-state index is 0. The molecule has 1 unspecified atom stereocenters. The molecular formula is C16H25ClN2O2S. The molecule has 6 heteroatoms. The van der Waals surface area contributed by atoms with Gasteiger partial charge in [0.15, 0.2) is 0 Å². The third-order valence-electron chi connectivity index (χ3n) is 3.98. The standard InChI is InChI=1S/C16H24N2O2S.ClH/c17-16(9-5-2-6-10-16)15(19)18-11-12-21(20)13-14-7-3-1-4-8-14;/h1,3-4,7-8H,2,5-6,9-13,17H2,(H,18,19);1H. The highest BCUT2D eigenvalue weighted by Crippen LogP contribution is 2.25. The fraction of sp³-hybridized carbons (Fsp3) is 0.562. The number of carbonyl (C=O) groups excluding carboxylic acids is 1. The molecule has 0 radical (unpaired) electrons. The fourth-order valence-electron chi connectivity index (χ4n) is 2.70. The van der Waals surface area contributed by atoms with Crippen LogP contribution in [0.2, 0.25) is 0 Å². The van der Waals surface area contributed by atoms with Gasteiger partial charge in [0.1, 0.15) is 0 Å². The number of carbonyl (C=O) groups is 1. The Kier molecular flexibility index (Phi) is 8.07. The molecule has 1 saturated carbocycles. The molecule has 1 fully saturated rings. The Labute approximate surface area is 141 Å². The number of benzene rings is 1. The molecule has 0 aliphatic heterocycles. The first-order valence-corrected chi connectivity index (χ1v) is 9.05. The van der Waals surface area contributed by atoms with E-state index in [1.807, 2.05) is 30.3 Å². The largest absolute Gasteiger partial charge is 0.354 e. The molecule has 1 aromatic carbocycles. The van der Waals surface area contributed by atoms with Crippen molar-refractivity contribution in [3.05, 3.63) is 35.9 Å². The summed E-state index contributed by atoms with van der Waals surface area (Å²) in [5.74, 6) is 0.917. The van der Waals surface area contributed by atoms with Crippen LogP contribution in [0.4, 0.5) is 0 Å². The van der Waals surface area contributed by atoms with Crippen molar-refractivity contribution < 1.29 is 9.00 Å². The minimum Gasteiger partial charge on any atom is -0.354 e. The van der Waals surface area contributed by atoms with E-state index in [9.17, 15) is 9.00 Å². The van der Waals surface area contributed by atoms with Gasteiger partial charge in [-0.05, 0) is 18.4 Å². The molecule has 0 aromatic heterocycles. The molecule has 1 aliphatic rings. The quantitative estimate of drug-likeness (QED) is 0.830. The maximum absolute atomic E-state index is 12.1. The third-order valence-corrected chi connectivity index (χ3v) is 5.30. The second kappa shape index (κ2) is 9.28. The van der Waals surface area contributed by atoms with Gasteiger partial charge in [0.05, 0.1) is 5.54 Å². The second-order valence-corrected chi connectivity index (χ2v) is 7.32. The molecule has 2 rings (SSSR count). The van der Waals surface area contributed by atoms with Crippen molar-refractivity contribution in [3.63, 3.8) is 0 Å². The molecule has 1 aromatic rings. The number of nitrogens with two attached hydrogens (primary N) is 1. The van der Waals surface area contributed by atoms with E-state index in [2.05, 4.69) is 5.32 Å². The van der Waals surface area contributed by atoms with E-state index in [4.69, 9.17) is 5.73 Å². The zero-order valence-electron chi connectivity index (χ0n) is 12.8. The van der Waals surface area contributed by atoms with Crippen LogP contribution in [0.3, 0.4) is 0 Å². The van der Waals surface area contributed by atoms with Gasteiger partial charge in [-0.3, -0.25) is 9.00 Å².